The predicted molar refractivity (Wildman–Crippen MR) is 90.3 cm³/mol. The first-order valence-electron chi connectivity index (χ1n) is 7.15. The van der Waals surface area contributed by atoms with E-state index in [1.165, 1.54) is 6.33 Å². The Morgan fingerprint density at radius 3 is 2.48 bits per heavy atom. The minimum atomic E-state index is -0.582. The molecular formula is C17H15Cl2N3O. The molecule has 0 bridgehead atoms. The molecule has 0 fully saturated rings. The lowest BCUT2D eigenvalue weighted by atomic mass is 10.1. The molecule has 0 saturated heterocycles. The van der Waals surface area contributed by atoms with Crippen LogP contribution in [0.15, 0.2) is 67.3 Å². The molecular weight excluding hydrogens is 333 g/mol. The summed E-state index contributed by atoms with van der Waals surface area (Å²) < 4.78 is 7.77. The molecule has 6 heteroatoms. The molecule has 0 radical (unpaired) electrons. The summed E-state index contributed by atoms with van der Waals surface area (Å²) in [5.74, 6) is 0. The highest BCUT2D eigenvalue weighted by Gasteiger charge is 2.21. The maximum Gasteiger partial charge on any atom is 0.157 e. The summed E-state index contributed by atoms with van der Waals surface area (Å²) >= 11 is 12.8. The zero-order valence-electron chi connectivity index (χ0n) is 12.2. The number of alkyl halides is 1. The van der Waals surface area contributed by atoms with Gasteiger partial charge < -0.3 is 4.74 Å². The molecule has 0 aliphatic carbocycles. The first kappa shape index (κ1) is 16.0. The molecule has 0 saturated carbocycles. The van der Waals surface area contributed by atoms with Crippen molar-refractivity contribution in [2.45, 2.75) is 18.2 Å². The normalized spacial score (nSPS) is 13.7. The number of rotatable bonds is 6. The average Bonchev–Trinajstić information content (AvgIpc) is 3.08. The van der Waals surface area contributed by atoms with Crippen LogP contribution in [0.25, 0.3) is 0 Å². The maximum absolute atomic E-state index is 6.43. The van der Waals surface area contributed by atoms with Crippen LogP contribution in [0.3, 0.4) is 0 Å². The van der Waals surface area contributed by atoms with Crippen LogP contribution in [-0.2, 0) is 11.3 Å². The third kappa shape index (κ3) is 4.10. The first-order chi connectivity index (χ1) is 11.2. The van der Waals surface area contributed by atoms with Gasteiger partial charge in [0.1, 0.15) is 18.8 Å². The van der Waals surface area contributed by atoms with Gasteiger partial charge in [-0.1, -0.05) is 71.7 Å². The monoisotopic (exact) mass is 347 g/mol. The van der Waals surface area contributed by atoms with E-state index in [1.54, 1.807) is 11.0 Å². The standard InChI is InChI=1S/C17H15Cl2N3O/c18-15-9-5-4-8-14(15)16(10-22-12-20-11-21-22)23-17(19)13-6-2-1-3-7-13/h1-9,11-12,16-17H,10H2. The van der Waals surface area contributed by atoms with Gasteiger partial charge in [0.15, 0.2) is 5.56 Å². The quantitative estimate of drug-likeness (QED) is 0.610. The van der Waals surface area contributed by atoms with Gasteiger partial charge in [0, 0.05) is 10.6 Å². The van der Waals surface area contributed by atoms with Crippen molar-refractivity contribution < 1.29 is 4.74 Å². The molecule has 23 heavy (non-hydrogen) atoms. The Balaban J connectivity index is 1.84. The lowest BCUT2D eigenvalue weighted by Gasteiger charge is -2.22. The fourth-order valence-corrected chi connectivity index (χ4v) is 2.80. The number of hydrogen-bond donors (Lipinski definition) is 0. The van der Waals surface area contributed by atoms with E-state index in [2.05, 4.69) is 10.1 Å². The molecule has 4 nitrogen and oxygen atoms in total. The van der Waals surface area contributed by atoms with E-state index in [4.69, 9.17) is 27.9 Å². The third-order valence-electron chi connectivity index (χ3n) is 3.42. The van der Waals surface area contributed by atoms with E-state index < -0.39 is 5.56 Å². The lowest BCUT2D eigenvalue weighted by molar-refractivity contribution is 0.0160. The van der Waals surface area contributed by atoms with Crippen molar-refractivity contribution in [2.24, 2.45) is 0 Å². The molecule has 0 N–H and O–H groups in total. The molecule has 0 amide bonds. The zero-order valence-corrected chi connectivity index (χ0v) is 13.7. The lowest BCUT2D eigenvalue weighted by Crippen LogP contribution is -2.15. The number of halogens is 2. The second-order valence-electron chi connectivity index (χ2n) is 4.99. The minimum absolute atomic E-state index is 0.340. The van der Waals surface area contributed by atoms with Crippen LogP contribution in [0.4, 0.5) is 0 Å². The molecule has 1 heterocycles. The van der Waals surface area contributed by atoms with Crippen molar-refractivity contribution in [3.63, 3.8) is 0 Å². The van der Waals surface area contributed by atoms with Crippen LogP contribution in [-0.4, -0.2) is 14.8 Å². The molecule has 2 atom stereocenters. The maximum atomic E-state index is 6.43. The van der Waals surface area contributed by atoms with Crippen molar-refractivity contribution >= 4 is 23.2 Å². The second kappa shape index (κ2) is 7.59. The molecule has 0 aliphatic rings. The zero-order chi connectivity index (χ0) is 16.1. The highest BCUT2D eigenvalue weighted by Crippen LogP contribution is 2.33. The summed E-state index contributed by atoms with van der Waals surface area (Å²) in [7, 11) is 0. The van der Waals surface area contributed by atoms with E-state index in [1.807, 2.05) is 54.6 Å². The van der Waals surface area contributed by atoms with Gasteiger partial charge in [-0.25, -0.2) is 4.98 Å². The van der Waals surface area contributed by atoms with Crippen LogP contribution in [0.1, 0.15) is 22.8 Å². The number of ether oxygens (including phenoxy) is 1. The van der Waals surface area contributed by atoms with Gasteiger partial charge in [0.05, 0.1) is 6.54 Å². The molecule has 2 aromatic carbocycles. The van der Waals surface area contributed by atoms with Crippen LogP contribution in [0, 0.1) is 0 Å². The molecule has 3 aromatic rings. The molecule has 0 spiro atoms. The number of benzene rings is 2. The third-order valence-corrected chi connectivity index (χ3v) is 4.12. The highest BCUT2D eigenvalue weighted by molar-refractivity contribution is 6.31. The molecule has 3 rings (SSSR count). The van der Waals surface area contributed by atoms with Crippen molar-refractivity contribution in [1.29, 1.82) is 0 Å². The van der Waals surface area contributed by atoms with E-state index in [0.717, 1.165) is 11.1 Å². The fraction of sp³-hybridized carbons (Fsp3) is 0.176. The van der Waals surface area contributed by atoms with Gasteiger partial charge in [0.2, 0.25) is 0 Å². The number of aromatic nitrogens is 3. The van der Waals surface area contributed by atoms with Gasteiger partial charge in [-0.15, -0.1) is 0 Å². The average molecular weight is 348 g/mol. The van der Waals surface area contributed by atoms with Crippen LogP contribution in [0.5, 0.6) is 0 Å². The summed E-state index contributed by atoms with van der Waals surface area (Å²) in [4.78, 5) is 3.96. The van der Waals surface area contributed by atoms with Gasteiger partial charge >= 0.3 is 0 Å². The Morgan fingerprint density at radius 1 is 1.04 bits per heavy atom. The van der Waals surface area contributed by atoms with Gasteiger partial charge in [-0.3, -0.25) is 4.68 Å². The van der Waals surface area contributed by atoms with E-state index in [-0.39, 0.29) is 6.10 Å². The Labute approximate surface area is 144 Å². The minimum Gasteiger partial charge on any atom is -0.348 e. The van der Waals surface area contributed by atoms with E-state index in [9.17, 15) is 0 Å². The topological polar surface area (TPSA) is 39.9 Å². The SMILES string of the molecule is Clc1ccccc1C(Cn1cncn1)OC(Cl)c1ccccc1. The smallest absolute Gasteiger partial charge is 0.157 e. The summed E-state index contributed by atoms with van der Waals surface area (Å²) in [6.45, 7) is 0.472. The molecule has 0 aliphatic heterocycles. The van der Waals surface area contributed by atoms with E-state index >= 15 is 0 Å². The molecule has 118 valence electrons. The Kier molecular flexibility index (Phi) is 5.28. The molecule has 1 aromatic heterocycles. The fourth-order valence-electron chi connectivity index (χ4n) is 2.27. The number of hydrogen-bond acceptors (Lipinski definition) is 3. The van der Waals surface area contributed by atoms with Crippen molar-refractivity contribution in [1.82, 2.24) is 14.8 Å². The first-order valence-corrected chi connectivity index (χ1v) is 7.97. The van der Waals surface area contributed by atoms with E-state index in [0.29, 0.717) is 11.6 Å². The summed E-state index contributed by atoms with van der Waals surface area (Å²) in [5, 5.41) is 4.76. The van der Waals surface area contributed by atoms with Crippen LogP contribution < -0.4 is 0 Å². The largest absolute Gasteiger partial charge is 0.348 e. The van der Waals surface area contributed by atoms with Crippen molar-refractivity contribution in [3.8, 4) is 0 Å². The molecule has 2 unspecified atom stereocenters. The van der Waals surface area contributed by atoms with Crippen molar-refractivity contribution in [2.75, 3.05) is 0 Å². The van der Waals surface area contributed by atoms with Crippen molar-refractivity contribution in [3.05, 3.63) is 83.4 Å². The van der Waals surface area contributed by atoms with Gasteiger partial charge in [-0.05, 0) is 11.6 Å². The Hall–Kier alpha value is -1.88. The Bertz CT molecular complexity index is 735. The van der Waals surface area contributed by atoms with Gasteiger partial charge in [-0.2, -0.15) is 5.10 Å². The predicted octanol–water partition coefficient (Wildman–Crippen LogP) is 4.63. The summed E-state index contributed by atoms with van der Waals surface area (Å²) in [6, 6.07) is 17.2. The summed E-state index contributed by atoms with van der Waals surface area (Å²) in [5.41, 5.74) is 1.18. The second-order valence-corrected chi connectivity index (χ2v) is 5.79. The summed E-state index contributed by atoms with van der Waals surface area (Å²) in [6.07, 6.45) is 2.78. The van der Waals surface area contributed by atoms with Crippen LogP contribution >= 0.6 is 23.2 Å². The number of nitrogens with zero attached hydrogens (tertiary/aromatic N) is 3. The van der Waals surface area contributed by atoms with Crippen LogP contribution in [0.2, 0.25) is 5.02 Å². The highest BCUT2D eigenvalue weighted by atomic mass is 35.5. The van der Waals surface area contributed by atoms with Gasteiger partial charge in [0.25, 0.3) is 0 Å². The Morgan fingerprint density at radius 2 is 1.78 bits per heavy atom.